The maximum absolute atomic E-state index is 12.1. The van der Waals surface area contributed by atoms with Gasteiger partial charge in [0.15, 0.2) is 0 Å². The van der Waals surface area contributed by atoms with Crippen LogP contribution in [0.5, 0.6) is 0 Å². The van der Waals surface area contributed by atoms with Crippen LogP contribution in [0.1, 0.15) is 50.0 Å². The number of likely N-dealkylation sites (tertiary alicyclic amines) is 1. The molecule has 1 aromatic carbocycles. The first-order chi connectivity index (χ1) is 10.7. The van der Waals surface area contributed by atoms with Gasteiger partial charge in [0, 0.05) is 24.8 Å². The molecule has 0 aromatic heterocycles. The van der Waals surface area contributed by atoms with Gasteiger partial charge in [-0.25, -0.2) is 0 Å². The van der Waals surface area contributed by atoms with Gasteiger partial charge in [0.1, 0.15) is 0 Å². The number of anilines is 1. The van der Waals surface area contributed by atoms with Crippen molar-refractivity contribution in [3.63, 3.8) is 0 Å². The second-order valence-corrected chi connectivity index (χ2v) is 6.79. The van der Waals surface area contributed by atoms with Crippen molar-refractivity contribution in [2.45, 2.75) is 50.5 Å². The van der Waals surface area contributed by atoms with Gasteiger partial charge in [-0.05, 0) is 42.9 Å². The van der Waals surface area contributed by atoms with Gasteiger partial charge < -0.3 is 11.1 Å². The van der Waals surface area contributed by atoms with Crippen molar-refractivity contribution in [3.05, 3.63) is 29.8 Å². The average molecular weight is 301 g/mol. The standard InChI is InChI=1S/C18H27N3O/c19-16-10-11-21(12-16)13-18(22)20-17-8-6-15(7-9-17)14-4-2-1-3-5-14/h6-9,14,16H,1-5,10-13,19H2,(H,20,22)/t16-/m1/s1. The van der Waals surface area contributed by atoms with Crippen molar-refractivity contribution in [2.75, 3.05) is 25.0 Å². The summed E-state index contributed by atoms with van der Waals surface area (Å²) in [5.74, 6) is 0.768. The van der Waals surface area contributed by atoms with E-state index in [9.17, 15) is 4.79 Å². The second kappa shape index (κ2) is 7.25. The number of carbonyl (C=O) groups excluding carboxylic acids is 1. The average Bonchev–Trinajstić information content (AvgIpc) is 2.94. The van der Waals surface area contributed by atoms with E-state index in [0.717, 1.165) is 25.2 Å². The van der Waals surface area contributed by atoms with Gasteiger partial charge in [-0.2, -0.15) is 0 Å². The lowest BCUT2D eigenvalue weighted by Crippen LogP contribution is -2.33. The molecule has 1 saturated heterocycles. The van der Waals surface area contributed by atoms with Crippen LogP contribution >= 0.6 is 0 Å². The second-order valence-electron chi connectivity index (χ2n) is 6.79. The number of amides is 1. The van der Waals surface area contributed by atoms with Crippen LogP contribution in [0.15, 0.2) is 24.3 Å². The van der Waals surface area contributed by atoms with Crippen LogP contribution in [-0.2, 0) is 4.79 Å². The topological polar surface area (TPSA) is 58.4 Å². The molecule has 1 aliphatic carbocycles. The summed E-state index contributed by atoms with van der Waals surface area (Å²) >= 11 is 0. The van der Waals surface area contributed by atoms with Crippen LogP contribution in [0.4, 0.5) is 5.69 Å². The Morgan fingerprint density at radius 1 is 1.14 bits per heavy atom. The molecule has 1 aromatic rings. The van der Waals surface area contributed by atoms with Gasteiger partial charge in [-0.15, -0.1) is 0 Å². The number of hydrogen-bond acceptors (Lipinski definition) is 3. The molecule has 4 heteroatoms. The normalized spacial score (nSPS) is 23.6. The zero-order valence-corrected chi connectivity index (χ0v) is 13.3. The fourth-order valence-corrected chi connectivity index (χ4v) is 3.68. The summed E-state index contributed by atoms with van der Waals surface area (Å²) in [4.78, 5) is 14.2. The van der Waals surface area contributed by atoms with E-state index in [2.05, 4.69) is 22.3 Å². The first-order valence-electron chi connectivity index (χ1n) is 8.58. The maximum Gasteiger partial charge on any atom is 0.238 e. The lowest BCUT2D eigenvalue weighted by atomic mass is 9.84. The minimum Gasteiger partial charge on any atom is -0.326 e. The minimum absolute atomic E-state index is 0.0551. The highest BCUT2D eigenvalue weighted by atomic mass is 16.2. The van der Waals surface area contributed by atoms with Crippen molar-refractivity contribution in [1.29, 1.82) is 0 Å². The third-order valence-corrected chi connectivity index (χ3v) is 4.95. The van der Waals surface area contributed by atoms with Gasteiger partial charge in [0.25, 0.3) is 0 Å². The molecule has 1 aliphatic heterocycles. The lowest BCUT2D eigenvalue weighted by Gasteiger charge is -2.22. The van der Waals surface area contributed by atoms with Gasteiger partial charge >= 0.3 is 0 Å². The Morgan fingerprint density at radius 2 is 1.86 bits per heavy atom. The maximum atomic E-state index is 12.1. The van der Waals surface area contributed by atoms with Crippen LogP contribution < -0.4 is 11.1 Å². The smallest absolute Gasteiger partial charge is 0.238 e. The number of benzene rings is 1. The Morgan fingerprint density at radius 3 is 2.50 bits per heavy atom. The molecule has 1 amide bonds. The number of nitrogens with two attached hydrogens (primary N) is 1. The van der Waals surface area contributed by atoms with Crippen LogP contribution in [-0.4, -0.2) is 36.5 Å². The van der Waals surface area contributed by atoms with Crippen molar-refractivity contribution in [3.8, 4) is 0 Å². The van der Waals surface area contributed by atoms with Crippen LogP contribution in [0.2, 0.25) is 0 Å². The van der Waals surface area contributed by atoms with E-state index in [1.165, 1.54) is 37.7 Å². The highest BCUT2D eigenvalue weighted by Crippen LogP contribution is 2.32. The van der Waals surface area contributed by atoms with Crippen molar-refractivity contribution in [1.82, 2.24) is 4.90 Å². The largest absolute Gasteiger partial charge is 0.326 e. The van der Waals surface area contributed by atoms with Crippen molar-refractivity contribution < 1.29 is 4.79 Å². The van der Waals surface area contributed by atoms with E-state index in [1.807, 2.05) is 12.1 Å². The monoisotopic (exact) mass is 301 g/mol. The number of nitrogens with zero attached hydrogens (tertiary/aromatic N) is 1. The fraction of sp³-hybridized carbons (Fsp3) is 0.611. The first kappa shape index (κ1) is 15.5. The van der Waals surface area contributed by atoms with Crippen molar-refractivity contribution >= 4 is 11.6 Å². The molecular formula is C18H27N3O. The molecule has 2 fully saturated rings. The quantitative estimate of drug-likeness (QED) is 0.899. The summed E-state index contributed by atoms with van der Waals surface area (Å²) in [5, 5.41) is 2.99. The SMILES string of the molecule is N[C@@H]1CCN(CC(=O)Nc2ccc(C3CCCCC3)cc2)C1. The summed E-state index contributed by atoms with van der Waals surface area (Å²) in [5.41, 5.74) is 8.18. The van der Waals surface area contributed by atoms with Crippen LogP contribution in [0.25, 0.3) is 0 Å². The number of hydrogen-bond donors (Lipinski definition) is 2. The predicted octanol–water partition coefficient (Wildman–Crippen LogP) is 2.71. The van der Waals surface area contributed by atoms with E-state index >= 15 is 0 Å². The van der Waals surface area contributed by atoms with Crippen molar-refractivity contribution in [2.24, 2.45) is 5.73 Å². The molecular weight excluding hydrogens is 274 g/mol. The van der Waals surface area contributed by atoms with E-state index in [1.54, 1.807) is 0 Å². The minimum atomic E-state index is 0.0551. The Balaban J connectivity index is 1.51. The lowest BCUT2D eigenvalue weighted by molar-refractivity contribution is -0.117. The number of nitrogens with one attached hydrogen (secondary N) is 1. The molecule has 1 saturated carbocycles. The summed E-state index contributed by atoms with van der Waals surface area (Å²) in [6.45, 7) is 2.20. The molecule has 3 N–H and O–H groups in total. The van der Waals surface area contributed by atoms with E-state index in [0.29, 0.717) is 12.5 Å². The molecule has 1 heterocycles. The molecule has 0 bridgehead atoms. The number of rotatable bonds is 4. The van der Waals surface area contributed by atoms with Gasteiger partial charge in [0.05, 0.1) is 6.54 Å². The number of carbonyl (C=O) groups is 1. The highest BCUT2D eigenvalue weighted by molar-refractivity contribution is 5.92. The van der Waals surface area contributed by atoms with E-state index in [4.69, 9.17) is 5.73 Å². The van der Waals surface area contributed by atoms with Gasteiger partial charge in [-0.1, -0.05) is 31.4 Å². The molecule has 120 valence electrons. The Bertz CT molecular complexity index is 494. The van der Waals surface area contributed by atoms with E-state index in [-0.39, 0.29) is 11.9 Å². The highest BCUT2D eigenvalue weighted by Gasteiger charge is 2.21. The molecule has 1 atom stereocenters. The molecule has 22 heavy (non-hydrogen) atoms. The Kier molecular flexibility index (Phi) is 5.11. The molecule has 0 spiro atoms. The van der Waals surface area contributed by atoms with Crippen LogP contribution in [0.3, 0.4) is 0 Å². The summed E-state index contributed by atoms with van der Waals surface area (Å²) in [6.07, 6.45) is 7.68. The van der Waals surface area contributed by atoms with Crippen LogP contribution in [0, 0.1) is 0 Å². The van der Waals surface area contributed by atoms with Gasteiger partial charge in [-0.3, -0.25) is 9.69 Å². The summed E-state index contributed by atoms with van der Waals surface area (Å²) in [6, 6.07) is 8.66. The third kappa shape index (κ3) is 4.08. The fourth-order valence-electron chi connectivity index (χ4n) is 3.68. The summed E-state index contributed by atoms with van der Waals surface area (Å²) in [7, 11) is 0. The Labute approximate surface area is 133 Å². The molecule has 0 radical (unpaired) electrons. The molecule has 2 aliphatic rings. The zero-order chi connectivity index (χ0) is 15.4. The zero-order valence-electron chi connectivity index (χ0n) is 13.3. The summed E-state index contributed by atoms with van der Waals surface area (Å²) < 4.78 is 0. The van der Waals surface area contributed by atoms with E-state index < -0.39 is 0 Å². The molecule has 4 nitrogen and oxygen atoms in total. The molecule has 3 rings (SSSR count). The molecule has 0 unspecified atom stereocenters. The predicted molar refractivity (Wildman–Crippen MR) is 89.9 cm³/mol. The first-order valence-corrected chi connectivity index (χ1v) is 8.58. The third-order valence-electron chi connectivity index (χ3n) is 4.95. The van der Waals surface area contributed by atoms with Gasteiger partial charge in [0.2, 0.25) is 5.91 Å². The Hall–Kier alpha value is -1.39.